The van der Waals surface area contributed by atoms with E-state index in [0.29, 0.717) is 35.1 Å². The van der Waals surface area contributed by atoms with Crippen molar-refractivity contribution in [3.05, 3.63) is 82.4 Å². The van der Waals surface area contributed by atoms with E-state index in [-0.39, 0.29) is 5.28 Å². The zero-order valence-corrected chi connectivity index (χ0v) is 15.2. The molecule has 2 aromatic carbocycles. The van der Waals surface area contributed by atoms with Crippen molar-refractivity contribution in [1.29, 1.82) is 0 Å². The van der Waals surface area contributed by atoms with Gasteiger partial charge in [0.1, 0.15) is 0 Å². The lowest BCUT2D eigenvalue weighted by Gasteiger charge is -2.08. The van der Waals surface area contributed by atoms with Crippen LogP contribution in [0.4, 0.5) is 5.82 Å². The van der Waals surface area contributed by atoms with Crippen LogP contribution in [0.5, 0.6) is 0 Å². The van der Waals surface area contributed by atoms with Crippen LogP contribution in [0.2, 0.25) is 10.3 Å². The van der Waals surface area contributed by atoms with E-state index in [1.54, 1.807) is 6.33 Å². The van der Waals surface area contributed by atoms with Gasteiger partial charge < -0.3 is 9.88 Å². The van der Waals surface area contributed by atoms with Crippen LogP contribution in [0.3, 0.4) is 0 Å². The van der Waals surface area contributed by atoms with E-state index in [1.807, 2.05) is 47.0 Å². The number of rotatable bonds is 5. The van der Waals surface area contributed by atoms with E-state index in [2.05, 4.69) is 32.4 Å². The molecule has 0 fully saturated rings. The Hall–Kier alpha value is -2.63. The highest BCUT2D eigenvalue weighted by atomic mass is 35.5. The van der Waals surface area contributed by atoms with Gasteiger partial charge in [0.05, 0.1) is 12.9 Å². The van der Waals surface area contributed by atoms with Crippen molar-refractivity contribution in [1.82, 2.24) is 19.5 Å². The van der Waals surface area contributed by atoms with Crippen LogP contribution in [-0.4, -0.2) is 19.5 Å². The van der Waals surface area contributed by atoms with Crippen molar-refractivity contribution < 1.29 is 0 Å². The number of nitrogens with zero attached hydrogens (tertiary/aromatic N) is 4. The van der Waals surface area contributed by atoms with E-state index in [0.717, 1.165) is 11.1 Å². The highest BCUT2D eigenvalue weighted by molar-refractivity contribution is 6.30. The number of anilines is 1. The van der Waals surface area contributed by atoms with Gasteiger partial charge in [-0.1, -0.05) is 54.1 Å². The van der Waals surface area contributed by atoms with Gasteiger partial charge >= 0.3 is 0 Å². The third-order valence-electron chi connectivity index (χ3n) is 4.01. The summed E-state index contributed by atoms with van der Waals surface area (Å²) in [7, 11) is 0. The lowest BCUT2D eigenvalue weighted by Crippen LogP contribution is -2.04. The highest BCUT2D eigenvalue weighted by Crippen LogP contribution is 2.22. The van der Waals surface area contributed by atoms with Gasteiger partial charge in [-0.05, 0) is 34.9 Å². The smallest absolute Gasteiger partial charge is 0.226 e. The third-order valence-corrected chi connectivity index (χ3v) is 4.43. The molecule has 2 heterocycles. The summed E-state index contributed by atoms with van der Waals surface area (Å²) in [6.07, 6.45) is 1.76. The number of hydrogen-bond donors (Lipinski definition) is 1. The van der Waals surface area contributed by atoms with E-state index in [1.165, 1.54) is 0 Å². The van der Waals surface area contributed by atoms with Crippen molar-refractivity contribution in [2.45, 2.75) is 13.1 Å². The van der Waals surface area contributed by atoms with Gasteiger partial charge in [0, 0.05) is 11.6 Å². The minimum Gasteiger partial charge on any atom is -0.364 e. The maximum atomic E-state index is 6.14. The summed E-state index contributed by atoms with van der Waals surface area (Å²) in [5, 5.41) is 4.18. The van der Waals surface area contributed by atoms with Crippen molar-refractivity contribution >= 4 is 40.2 Å². The van der Waals surface area contributed by atoms with E-state index >= 15 is 0 Å². The molecule has 4 rings (SSSR count). The fourth-order valence-electron chi connectivity index (χ4n) is 2.72. The van der Waals surface area contributed by atoms with Gasteiger partial charge in [-0.3, -0.25) is 0 Å². The number of imidazole rings is 1. The molecule has 26 heavy (non-hydrogen) atoms. The van der Waals surface area contributed by atoms with Crippen LogP contribution < -0.4 is 5.32 Å². The first kappa shape index (κ1) is 16.8. The van der Waals surface area contributed by atoms with Crippen LogP contribution in [0.25, 0.3) is 11.2 Å². The quantitative estimate of drug-likeness (QED) is 0.503. The molecule has 0 atom stereocenters. The summed E-state index contributed by atoms with van der Waals surface area (Å²) in [6.45, 7) is 1.26. The van der Waals surface area contributed by atoms with Crippen LogP contribution in [0, 0.1) is 0 Å². The van der Waals surface area contributed by atoms with Gasteiger partial charge in [0.15, 0.2) is 17.0 Å². The fraction of sp³-hybridized carbons (Fsp3) is 0.105. The first-order valence-electron chi connectivity index (χ1n) is 8.09. The number of hydrogen-bond acceptors (Lipinski definition) is 4. The van der Waals surface area contributed by atoms with Crippen molar-refractivity contribution in [2.24, 2.45) is 0 Å². The molecule has 4 aromatic rings. The normalized spacial score (nSPS) is 11.0. The second-order valence-corrected chi connectivity index (χ2v) is 6.63. The molecule has 0 saturated carbocycles. The molecular formula is C19H15Cl2N5. The zero-order valence-electron chi connectivity index (χ0n) is 13.7. The minimum atomic E-state index is 0.186. The number of aromatic nitrogens is 4. The Morgan fingerprint density at radius 3 is 2.42 bits per heavy atom. The highest BCUT2D eigenvalue weighted by Gasteiger charge is 2.13. The van der Waals surface area contributed by atoms with Crippen molar-refractivity contribution in [3.63, 3.8) is 0 Å². The molecule has 0 radical (unpaired) electrons. The van der Waals surface area contributed by atoms with E-state index in [9.17, 15) is 0 Å². The maximum Gasteiger partial charge on any atom is 0.226 e. The second kappa shape index (κ2) is 7.32. The van der Waals surface area contributed by atoms with Crippen molar-refractivity contribution in [2.75, 3.05) is 5.32 Å². The second-order valence-electron chi connectivity index (χ2n) is 5.85. The zero-order chi connectivity index (χ0) is 17.9. The monoisotopic (exact) mass is 383 g/mol. The number of fused-ring (bicyclic) bond motifs is 1. The predicted octanol–water partition coefficient (Wildman–Crippen LogP) is 4.79. The minimum absolute atomic E-state index is 0.186. The Bertz CT molecular complexity index is 1030. The molecule has 0 saturated heterocycles. The molecule has 0 amide bonds. The van der Waals surface area contributed by atoms with Crippen LogP contribution >= 0.6 is 23.2 Å². The number of halogens is 2. The van der Waals surface area contributed by atoms with Crippen LogP contribution in [0.15, 0.2) is 60.9 Å². The topological polar surface area (TPSA) is 55.6 Å². The molecule has 0 spiro atoms. The Kier molecular flexibility index (Phi) is 4.73. The summed E-state index contributed by atoms with van der Waals surface area (Å²) in [4.78, 5) is 13.1. The Morgan fingerprint density at radius 1 is 0.885 bits per heavy atom. The SMILES string of the molecule is Clc1ccc(CNc2nc(Cl)nc3c2ncn3Cc2ccccc2)cc1. The first-order valence-corrected chi connectivity index (χ1v) is 8.85. The third kappa shape index (κ3) is 3.64. The van der Waals surface area contributed by atoms with Gasteiger partial charge in [-0.25, -0.2) is 4.98 Å². The average Bonchev–Trinajstić information content (AvgIpc) is 3.04. The summed E-state index contributed by atoms with van der Waals surface area (Å²) >= 11 is 12.1. The van der Waals surface area contributed by atoms with E-state index < -0.39 is 0 Å². The van der Waals surface area contributed by atoms with Crippen molar-refractivity contribution in [3.8, 4) is 0 Å². The molecule has 0 aliphatic heterocycles. The molecule has 130 valence electrons. The molecule has 5 nitrogen and oxygen atoms in total. The molecular weight excluding hydrogens is 369 g/mol. The summed E-state index contributed by atoms with van der Waals surface area (Å²) in [6, 6.07) is 17.8. The summed E-state index contributed by atoms with van der Waals surface area (Å²) < 4.78 is 1.96. The Labute approximate surface area is 160 Å². The number of benzene rings is 2. The van der Waals surface area contributed by atoms with Crippen LogP contribution in [0.1, 0.15) is 11.1 Å². The molecule has 1 N–H and O–H groups in total. The van der Waals surface area contributed by atoms with Gasteiger partial charge in [0.25, 0.3) is 0 Å². The molecule has 0 aliphatic carbocycles. The molecule has 0 aliphatic rings. The van der Waals surface area contributed by atoms with Gasteiger partial charge in [-0.15, -0.1) is 0 Å². The first-order chi connectivity index (χ1) is 12.7. The lowest BCUT2D eigenvalue weighted by molar-refractivity contribution is 0.813. The van der Waals surface area contributed by atoms with Gasteiger partial charge in [-0.2, -0.15) is 9.97 Å². The molecule has 0 bridgehead atoms. The summed E-state index contributed by atoms with van der Waals surface area (Å²) in [5.74, 6) is 0.613. The average molecular weight is 384 g/mol. The molecule has 7 heteroatoms. The number of nitrogens with one attached hydrogen (secondary N) is 1. The predicted molar refractivity (Wildman–Crippen MR) is 105 cm³/mol. The van der Waals surface area contributed by atoms with Crippen LogP contribution in [-0.2, 0) is 13.1 Å². The molecule has 0 unspecified atom stereocenters. The Balaban J connectivity index is 1.62. The largest absolute Gasteiger partial charge is 0.364 e. The standard InChI is InChI=1S/C19H15Cl2N5/c20-15-8-6-13(7-9-15)10-22-17-16-18(25-19(21)24-17)26(12-23-16)11-14-4-2-1-3-5-14/h1-9,12H,10-11H2,(H,22,24,25). The van der Waals surface area contributed by atoms with E-state index in [4.69, 9.17) is 23.2 Å². The fourth-order valence-corrected chi connectivity index (χ4v) is 3.02. The lowest BCUT2D eigenvalue weighted by atomic mass is 10.2. The van der Waals surface area contributed by atoms with Gasteiger partial charge in [0.2, 0.25) is 5.28 Å². The summed E-state index contributed by atoms with van der Waals surface area (Å²) in [5.41, 5.74) is 3.64. The Morgan fingerprint density at radius 2 is 1.65 bits per heavy atom. The maximum absolute atomic E-state index is 6.14. The molecule has 2 aromatic heterocycles.